The van der Waals surface area contributed by atoms with Crippen molar-refractivity contribution in [1.82, 2.24) is 14.2 Å². The largest absolute Gasteiger partial charge is 0.508 e. The van der Waals surface area contributed by atoms with Gasteiger partial charge in [-0.15, -0.1) is 0 Å². The molecule has 3 aliphatic rings. The number of nitrogens with one attached hydrogen (secondary N) is 1. The van der Waals surface area contributed by atoms with Gasteiger partial charge in [0.1, 0.15) is 48.6 Å². The summed E-state index contributed by atoms with van der Waals surface area (Å²) < 4.78 is 56.2. The first kappa shape index (κ1) is 60.2. The minimum absolute atomic E-state index is 0.0195. The second kappa shape index (κ2) is 27.0. The lowest BCUT2D eigenvalue weighted by atomic mass is 9.80. The van der Waals surface area contributed by atoms with E-state index in [1.165, 1.54) is 4.57 Å². The van der Waals surface area contributed by atoms with E-state index in [4.69, 9.17) is 37.5 Å². The predicted octanol–water partition coefficient (Wildman–Crippen LogP) is 13.9. The second-order valence-corrected chi connectivity index (χ2v) is 23.7. The van der Waals surface area contributed by atoms with E-state index < -0.39 is 56.4 Å². The molecule has 0 spiro atoms. The number of fused-ring (bicyclic) bond motifs is 6. The summed E-state index contributed by atoms with van der Waals surface area (Å²) in [6.45, 7) is 9.41. The highest BCUT2D eigenvalue weighted by Gasteiger charge is 2.50. The Labute approximate surface area is 508 Å². The lowest BCUT2D eigenvalue weighted by Gasteiger charge is -2.46. The molecule has 5 atom stereocenters. The number of nitrogens with zero attached hydrogens (tertiary/aromatic N) is 4. The van der Waals surface area contributed by atoms with Crippen LogP contribution in [-0.4, -0.2) is 97.0 Å². The van der Waals surface area contributed by atoms with Crippen molar-refractivity contribution in [2.24, 2.45) is 0 Å². The number of nitriles is 1. The van der Waals surface area contributed by atoms with Gasteiger partial charge in [-0.1, -0.05) is 170 Å². The molecule has 2 aliphatic carbocycles. The van der Waals surface area contributed by atoms with E-state index in [0.29, 0.717) is 11.3 Å². The van der Waals surface area contributed by atoms with Gasteiger partial charge in [-0.2, -0.15) is 10.2 Å². The summed E-state index contributed by atoms with van der Waals surface area (Å²) in [5, 5.41) is 12.5. The maximum absolute atomic E-state index is 14.9. The Morgan fingerprint density at radius 2 is 1.18 bits per heavy atom. The molecule has 1 amide bonds. The maximum Gasteiger partial charge on any atom is 0.508 e. The van der Waals surface area contributed by atoms with Crippen LogP contribution < -0.4 is 15.7 Å². The van der Waals surface area contributed by atoms with Gasteiger partial charge in [0.15, 0.2) is 6.10 Å². The lowest BCUT2D eigenvalue weighted by Crippen LogP contribution is -2.57. The Bertz CT molecular complexity index is 3660. The highest BCUT2D eigenvalue weighted by molar-refractivity contribution is 7.44. The van der Waals surface area contributed by atoms with Gasteiger partial charge < -0.3 is 37.5 Å². The van der Waals surface area contributed by atoms with Gasteiger partial charge in [0.05, 0.1) is 39.4 Å². The van der Waals surface area contributed by atoms with Gasteiger partial charge >= 0.3 is 17.9 Å². The maximum atomic E-state index is 14.9. The van der Waals surface area contributed by atoms with Gasteiger partial charge in [-0.3, -0.25) is 9.88 Å². The molecule has 1 aromatic heterocycles. The third-order valence-electron chi connectivity index (χ3n) is 16.4. The van der Waals surface area contributed by atoms with Crippen molar-refractivity contribution in [3.05, 3.63) is 243 Å². The van der Waals surface area contributed by atoms with Crippen LogP contribution in [0.1, 0.15) is 96.5 Å². The molecule has 7 aromatic carbocycles. The smallest absolute Gasteiger partial charge is 0.497 e. The Hall–Kier alpha value is -8.52. The predicted molar refractivity (Wildman–Crippen MR) is 332 cm³/mol. The zero-order valence-corrected chi connectivity index (χ0v) is 50.4. The van der Waals surface area contributed by atoms with Gasteiger partial charge in [-0.05, 0) is 108 Å². The molecule has 0 saturated carbocycles. The van der Waals surface area contributed by atoms with Crippen LogP contribution in [0.15, 0.2) is 193 Å². The number of hydrogen-bond donors (Lipinski definition) is 1. The molecular weight excluding hydrogens is 1120 g/mol. The highest BCUT2D eigenvalue weighted by atomic mass is 31.2. The van der Waals surface area contributed by atoms with Crippen LogP contribution in [0.5, 0.6) is 5.75 Å². The summed E-state index contributed by atoms with van der Waals surface area (Å²) in [4.78, 5) is 47.9. The average molecular weight is 1190 g/mol. The van der Waals surface area contributed by atoms with Gasteiger partial charge in [0.2, 0.25) is 0 Å². The van der Waals surface area contributed by atoms with Crippen molar-refractivity contribution in [2.45, 2.75) is 94.9 Å². The zero-order chi connectivity index (χ0) is 60.6. The number of ether oxygens (including phenoxy) is 6. The van der Waals surface area contributed by atoms with E-state index in [0.717, 1.165) is 61.2 Å². The summed E-state index contributed by atoms with van der Waals surface area (Å²) in [6, 6.07) is 60.4. The van der Waals surface area contributed by atoms with Crippen LogP contribution in [0, 0.1) is 18.3 Å². The van der Waals surface area contributed by atoms with Crippen molar-refractivity contribution in [1.29, 1.82) is 5.26 Å². The highest BCUT2D eigenvalue weighted by Crippen LogP contribution is 2.51. The molecule has 0 bridgehead atoms. The quantitative estimate of drug-likeness (QED) is 0.0293. The first-order valence-electron chi connectivity index (χ1n) is 29.4. The number of amides is 1. The number of aryl methyl sites for hydroxylation is 1. The third-order valence-corrected chi connectivity index (χ3v) is 18.5. The Morgan fingerprint density at radius 1 is 0.690 bits per heavy atom. The molecule has 87 heavy (non-hydrogen) atoms. The second-order valence-electron chi connectivity index (χ2n) is 22.3. The number of carbonyl (C=O) groups excluding carboxylic acids is 2. The SMILES string of the molecule is COc1ccc(C(OC[C@H]2OC[C@@H](n3cc(C)c(NC(=O)OCC4c5ccccc5-c5ccccc54)nc3=O)[C@H](OC(=O)OCC3c4ccccc4-c4ccccc43)[C@@H]2OP(OCCC#N)N(C(C)C)C(C)C)(c2ccccc2)c2ccccc2)cc1. The Kier molecular flexibility index (Phi) is 18.7. The van der Waals surface area contributed by atoms with Crippen LogP contribution in [0.4, 0.5) is 15.4 Å². The summed E-state index contributed by atoms with van der Waals surface area (Å²) >= 11 is 0. The third kappa shape index (κ3) is 12.6. The average Bonchev–Trinajstić information content (AvgIpc) is 2.76. The summed E-state index contributed by atoms with van der Waals surface area (Å²) in [7, 11) is -0.466. The molecule has 11 rings (SSSR count). The fourth-order valence-electron chi connectivity index (χ4n) is 12.4. The number of hydrogen-bond acceptors (Lipinski definition) is 14. The summed E-state index contributed by atoms with van der Waals surface area (Å²) in [5.41, 5.74) is 9.14. The molecule has 1 saturated heterocycles. The normalized spacial score (nSPS) is 17.4. The number of anilines is 1. The van der Waals surface area contributed by atoms with Crippen LogP contribution in [0.3, 0.4) is 0 Å². The topological polar surface area (TPSA) is 182 Å². The van der Waals surface area contributed by atoms with E-state index in [-0.39, 0.29) is 69.2 Å². The van der Waals surface area contributed by atoms with E-state index >= 15 is 0 Å². The summed E-state index contributed by atoms with van der Waals surface area (Å²) in [5.74, 6) is 0.135. The van der Waals surface area contributed by atoms with Crippen LogP contribution >= 0.6 is 8.53 Å². The van der Waals surface area contributed by atoms with Crippen molar-refractivity contribution >= 4 is 26.6 Å². The van der Waals surface area contributed by atoms with Crippen molar-refractivity contribution in [2.75, 3.05) is 45.5 Å². The molecule has 1 fully saturated rings. The molecule has 8 aromatic rings. The number of carbonyl (C=O) groups is 2. The van der Waals surface area contributed by atoms with Gasteiger partial charge in [0.25, 0.3) is 8.53 Å². The molecule has 1 N–H and O–H groups in total. The molecule has 446 valence electrons. The lowest BCUT2D eigenvalue weighted by molar-refractivity contribution is -0.184. The van der Waals surface area contributed by atoms with E-state index in [9.17, 15) is 19.6 Å². The standard InChI is InChI=1S/C70H70N5O11P/c1-45(2)75(46(3)4)87(84-39-21-38-71)86-65-63(44-83-70(48-22-9-7-10-23-48,49-24-11-8-12-25-49)50-34-36-51(79-6)37-35-50)80-43-62(64(65)85-69(78)82-42-61-58-32-19-15-28-54(58)55-29-16-20-33-59(55)61)74-40-47(5)66(72-67(74)76)73-68(77)81-41-60-56-30-17-13-26-52(56)53-27-14-18-31-57(53)60/h7-20,22-37,40,45-46,60-65H,21,39,41-44H2,1-6H3,(H,72,73,76,77)/t62-,63-,64+,65-,87?/m1/s1. The zero-order valence-electron chi connectivity index (χ0n) is 49.5. The fraction of sp³-hybridized carbons (Fsp3) is 0.300. The molecule has 0 radical (unpaired) electrons. The van der Waals surface area contributed by atoms with Gasteiger partial charge in [-0.25, -0.2) is 19.1 Å². The first-order valence-corrected chi connectivity index (χ1v) is 30.5. The fourth-order valence-corrected chi connectivity index (χ4v) is 14.2. The van der Waals surface area contributed by atoms with E-state index in [2.05, 4.69) is 45.3 Å². The minimum Gasteiger partial charge on any atom is -0.497 e. The molecule has 17 heteroatoms. The van der Waals surface area contributed by atoms with Gasteiger partial charge in [0, 0.05) is 35.7 Å². The Morgan fingerprint density at radius 3 is 1.69 bits per heavy atom. The van der Waals surface area contributed by atoms with Crippen molar-refractivity contribution < 1.29 is 47.1 Å². The molecule has 1 unspecified atom stereocenters. The summed E-state index contributed by atoms with van der Waals surface area (Å²) in [6.07, 6.45) is -3.86. The first-order chi connectivity index (χ1) is 42.4. The molecule has 16 nitrogen and oxygen atoms in total. The number of methoxy groups -OCH3 is 1. The molecule has 1 aliphatic heterocycles. The number of rotatable bonds is 22. The minimum atomic E-state index is -2.08. The molecular formula is C70H70N5O11P. The van der Waals surface area contributed by atoms with E-state index in [1.807, 2.05) is 185 Å². The van der Waals surface area contributed by atoms with E-state index in [1.54, 1.807) is 20.2 Å². The van der Waals surface area contributed by atoms with Crippen molar-refractivity contribution in [3.63, 3.8) is 0 Å². The molecule has 2 heterocycles. The number of aromatic nitrogens is 2. The van der Waals surface area contributed by atoms with Crippen LogP contribution in [0.25, 0.3) is 22.3 Å². The monoisotopic (exact) mass is 1190 g/mol. The number of benzene rings is 7. The van der Waals surface area contributed by atoms with Crippen LogP contribution in [-0.2, 0) is 38.3 Å². The van der Waals surface area contributed by atoms with Crippen LogP contribution in [0.2, 0.25) is 0 Å². The van der Waals surface area contributed by atoms with Crippen molar-refractivity contribution in [3.8, 4) is 34.1 Å². The Balaban J connectivity index is 0.968.